The van der Waals surface area contributed by atoms with E-state index in [4.69, 9.17) is 0 Å². The minimum Gasteiger partial charge on any atom is -0.355 e. The third kappa shape index (κ3) is 2.86. The summed E-state index contributed by atoms with van der Waals surface area (Å²) in [4.78, 5) is 10.2. The molecule has 76 valence electrons. The number of alkyl halides is 4. The van der Waals surface area contributed by atoms with Gasteiger partial charge in [-0.05, 0) is 12.8 Å². The molecule has 0 aromatic rings. The molecule has 2 unspecified atom stereocenters. The van der Waals surface area contributed by atoms with Crippen molar-refractivity contribution in [3.05, 3.63) is 0 Å². The van der Waals surface area contributed by atoms with Gasteiger partial charge < -0.3 is 5.32 Å². The summed E-state index contributed by atoms with van der Waals surface area (Å²) in [6.07, 6.45) is -4.40. The van der Waals surface area contributed by atoms with Crippen molar-refractivity contribution < 1.29 is 18.0 Å². The van der Waals surface area contributed by atoms with Crippen LogP contribution in [-0.2, 0) is 4.79 Å². The minimum absolute atomic E-state index is 0.0304. The second-order valence-corrected chi connectivity index (χ2v) is 4.13. The summed E-state index contributed by atoms with van der Waals surface area (Å²) in [6, 6.07) is 0. The van der Waals surface area contributed by atoms with Crippen LogP contribution in [0.5, 0.6) is 0 Å². The van der Waals surface area contributed by atoms with Crippen LogP contribution in [0.25, 0.3) is 0 Å². The molecule has 1 fully saturated rings. The highest BCUT2D eigenvalue weighted by molar-refractivity contribution is 9.10. The second kappa shape index (κ2) is 3.86. The minimum atomic E-state index is -4.20. The number of hydrogen-bond donors (Lipinski definition) is 1. The summed E-state index contributed by atoms with van der Waals surface area (Å²) in [5.74, 6) is -1.73. The number of halogens is 4. The average molecular weight is 260 g/mol. The van der Waals surface area contributed by atoms with Gasteiger partial charge in [0.05, 0.1) is 10.7 Å². The van der Waals surface area contributed by atoms with Crippen molar-refractivity contribution in [3.8, 4) is 0 Å². The van der Waals surface area contributed by atoms with Crippen LogP contribution in [-0.4, -0.2) is 23.5 Å². The summed E-state index contributed by atoms with van der Waals surface area (Å²) < 4.78 is 36.8. The molecule has 2 nitrogen and oxygen atoms in total. The Morgan fingerprint density at radius 2 is 2.08 bits per heavy atom. The molecule has 0 spiro atoms. The highest BCUT2D eigenvalue weighted by atomic mass is 79.9. The van der Waals surface area contributed by atoms with E-state index >= 15 is 0 Å². The fourth-order valence-corrected chi connectivity index (χ4v) is 1.87. The zero-order valence-corrected chi connectivity index (χ0v) is 8.28. The van der Waals surface area contributed by atoms with E-state index in [9.17, 15) is 18.0 Å². The maximum absolute atomic E-state index is 12.3. The molecule has 1 aliphatic heterocycles. The van der Waals surface area contributed by atoms with Gasteiger partial charge in [-0.15, -0.1) is 0 Å². The van der Waals surface area contributed by atoms with Gasteiger partial charge in [0.1, 0.15) is 0 Å². The highest BCUT2D eigenvalue weighted by Gasteiger charge is 2.42. The molecule has 0 aliphatic carbocycles. The van der Waals surface area contributed by atoms with Crippen LogP contribution >= 0.6 is 15.9 Å². The number of carbonyl (C=O) groups is 1. The first-order valence-electron chi connectivity index (χ1n) is 3.89. The first-order valence-corrected chi connectivity index (χ1v) is 4.81. The molecule has 1 heterocycles. The number of nitrogens with one attached hydrogen (secondary N) is 1. The topological polar surface area (TPSA) is 29.1 Å². The summed E-state index contributed by atoms with van der Waals surface area (Å²) in [6.45, 7) is 0.102. The second-order valence-electron chi connectivity index (χ2n) is 3.02. The SMILES string of the molecule is O=C1NCCC(C(F)(F)F)CC1Br. The van der Waals surface area contributed by atoms with Gasteiger partial charge in [-0.25, -0.2) is 0 Å². The maximum Gasteiger partial charge on any atom is 0.391 e. The van der Waals surface area contributed by atoms with Crippen LogP contribution in [0.1, 0.15) is 12.8 Å². The quantitative estimate of drug-likeness (QED) is 0.661. The third-order valence-corrected chi connectivity index (χ3v) is 2.82. The van der Waals surface area contributed by atoms with Crippen LogP contribution in [0.15, 0.2) is 0 Å². The first-order chi connectivity index (χ1) is 5.91. The van der Waals surface area contributed by atoms with Crippen molar-refractivity contribution >= 4 is 21.8 Å². The molecule has 0 bridgehead atoms. The van der Waals surface area contributed by atoms with Crippen molar-refractivity contribution in [2.24, 2.45) is 5.92 Å². The Labute approximate surface area is 82.0 Å². The normalized spacial score (nSPS) is 30.9. The van der Waals surface area contributed by atoms with Crippen molar-refractivity contribution in [1.82, 2.24) is 5.32 Å². The van der Waals surface area contributed by atoms with Gasteiger partial charge in [-0.2, -0.15) is 13.2 Å². The average Bonchev–Trinajstić information content (AvgIpc) is 2.13. The Bertz CT molecular complexity index is 206. The number of rotatable bonds is 0. The van der Waals surface area contributed by atoms with Gasteiger partial charge >= 0.3 is 6.18 Å². The van der Waals surface area contributed by atoms with E-state index < -0.39 is 16.9 Å². The fourth-order valence-electron chi connectivity index (χ4n) is 1.25. The molecule has 1 N–H and O–H groups in total. The van der Waals surface area contributed by atoms with E-state index in [-0.39, 0.29) is 25.3 Å². The van der Waals surface area contributed by atoms with E-state index in [1.807, 2.05) is 0 Å². The van der Waals surface area contributed by atoms with Crippen molar-refractivity contribution in [1.29, 1.82) is 0 Å². The van der Waals surface area contributed by atoms with Crippen LogP contribution in [0.2, 0.25) is 0 Å². The molecule has 6 heteroatoms. The summed E-state index contributed by atoms with van der Waals surface area (Å²) in [7, 11) is 0. The maximum atomic E-state index is 12.3. The number of amides is 1. The van der Waals surface area contributed by atoms with E-state index in [1.165, 1.54) is 0 Å². The van der Waals surface area contributed by atoms with Gasteiger partial charge in [-0.3, -0.25) is 4.79 Å². The number of hydrogen-bond acceptors (Lipinski definition) is 1. The van der Waals surface area contributed by atoms with E-state index in [0.717, 1.165) is 0 Å². The smallest absolute Gasteiger partial charge is 0.355 e. The van der Waals surface area contributed by atoms with Gasteiger partial charge in [0.15, 0.2) is 0 Å². The molecule has 1 saturated heterocycles. The molecule has 0 radical (unpaired) electrons. The zero-order chi connectivity index (χ0) is 10.1. The Morgan fingerprint density at radius 3 is 2.62 bits per heavy atom. The van der Waals surface area contributed by atoms with Crippen LogP contribution in [0.3, 0.4) is 0 Å². The van der Waals surface area contributed by atoms with Crippen molar-refractivity contribution in [2.75, 3.05) is 6.54 Å². The van der Waals surface area contributed by atoms with Gasteiger partial charge in [-0.1, -0.05) is 15.9 Å². The highest BCUT2D eigenvalue weighted by Crippen LogP contribution is 2.34. The van der Waals surface area contributed by atoms with Crippen molar-refractivity contribution in [2.45, 2.75) is 23.8 Å². The molecule has 1 aliphatic rings. The van der Waals surface area contributed by atoms with E-state index in [2.05, 4.69) is 21.2 Å². The predicted octanol–water partition coefficient (Wildman–Crippen LogP) is 1.84. The molecule has 1 amide bonds. The Kier molecular flexibility index (Phi) is 3.21. The molecule has 0 aromatic heterocycles. The molecule has 13 heavy (non-hydrogen) atoms. The number of carbonyl (C=O) groups excluding carboxylic acids is 1. The lowest BCUT2D eigenvalue weighted by Gasteiger charge is -2.18. The molecule has 0 saturated carbocycles. The Hall–Kier alpha value is -0.260. The van der Waals surface area contributed by atoms with Gasteiger partial charge in [0, 0.05) is 6.54 Å². The molecule has 2 atom stereocenters. The Balaban J connectivity index is 2.64. The van der Waals surface area contributed by atoms with Crippen LogP contribution in [0, 0.1) is 5.92 Å². The largest absolute Gasteiger partial charge is 0.391 e. The molecule has 1 rings (SSSR count). The summed E-state index contributed by atoms with van der Waals surface area (Å²) in [5, 5.41) is 2.41. The van der Waals surface area contributed by atoms with Gasteiger partial charge in [0.25, 0.3) is 0 Å². The first kappa shape index (κ1) is 10.8. The fraction of sp³-hybridized carbons (Fsp3) is 0.857. The monoisotopic (exact) mass is 259 g/mol. The zero-order valence-electron chi connectivity index (χ0n) is 6.70. The lowest BCUT2D eigenvalue weighted by molar-refractivity contribution is -0.176. The van der Waals surface area contributed by atoms with Gasteiger partial charge in [0.2, 0.25) is 5.91 Å². The predicted molar refractivity (Wildman–Crippen MR) is 44.5 cm³/mol. The Morgan fingerprint density at radius 1 is 1.46 bits per heavy atom. The van der Waals surface area contributed by atoms with Crippen molar-refractivity contribution in [3.63, 3.8) is 0 Å². The van der Waals surface area contributed by atoms with E-state index in [1.54, 1.807) is 0 Å². The molecule has 0 aromatic carbocycles. The molecular weight excluding hydrogens is 251 g/mol. The summed E-state index contributed by atoms with van der Waals surface area (Å²) >= 11 is 2.92. The summed E-state index contributed by atoms with van der Waals surface area (Å²) in [5.41, 5.74) is 0. The standard InChI is InChI=1S/C7H9BrF3NO/c8-5-3-4(7(9,10)11)1-2-12-6(5)13/h4-5H,1-3H2,(H,12,13). The molecular formula is C7H9BrF3NO. The van der Waals surface area contributed by atoms with Crippen LogP contribution < -0.4 is 5.32 Å². The lowest BCUT2D eigenvalue weighted by Crippen LogP contribution is -2.29. The van der Waals surface area contributed by atoms with E-state index in [0.29, 0.717) is 0 Å². The van der Waals surface area contributed by atoms with Crippen LogP contribution in [0.4, 0.5) is 13.2 Å². The lowest BCUT2D eigenvalue weighted by atomic mass is 10.0. The third-order valence-electron chi connectivity index (χ3n) is 2.03.